The van der Waals surface area contributed by atoms with Crippen molar-refractivity contribution in [2.24, 2.45) is 0 Å². The number of fused-ring (bicyclic) bond motifs is 1. The van der Waals surface area contributed by atoms with E-state index in [0.717, 1.165) is 6.07 Å². The van der Waals surface area contributed by atoms with Gasteiger partial charge in [0.05, 0.1) is 5.02 Å². The van der Waals surface area contributed by atoms with E-state index in [9.17, 15) is 13.5 Å². The average Bonchev–Trinajstić information content (AvgIpc) is 2.22. The fraction of sp³-hybridized carbons (Fsp3) is 0. The Morgan fingerprint density at radius 3 is 2.69 bits per heavy atom. The summed E-state index contributed by atoms with van der Waals surface area (Å²) in [5.41, 5.74) is 0.0302. The van der Waals surface area contributed by atoms with Crippen molar-refractivity contribution in [2.45, 2.75) is 4.90 Å². The third-order valence-electron chi connectivity index (χ3n) is 2.06. The second-order valence-electron chi connectivity index (χ2n) is 3.08. The molecule has 0 fully saturated rings. The minimum atomic E-state index is -4.40. The van der Waals surface area contributed by atoms with Gasteiger partial charge < -0.3 is 5.11 Å². The summed E-state index contributed by atoms with van der Waals surface area (Å²) in [6, 6.07) is 3.89. The van der Waals surface area contributed by atoms with Crippen LogP contribution in [0.15, 0.2) is 29.3 Å². The zero-order valence-electron chi connectivity index (χ0n) is 7.75. The van der Waals surface area contributed by atoms with E-state index in [1.165, 1.54) is 18.3 Å². The minimum Gasteiger partial charge on any atom is -0.504 e. The van der Waals surface area contributed by atoms with Crippen LogP contribution in [-0.4, -0.2) is 23.1 Å². The molecular formula is C9H6ClNO4S. The predicted molar refractivity (Wildman–Crippen MR) is 58.2 cm³/mol. The average molecular weight is 260 g/mol. The van der Waals surface area contributed by atoms with E-state index in [2.05, 4.69) is 4.98 Å². The van der Waals surface area contributed by atoms with Gasteiger partial charge in [-0.3, -0.25) is 9.54 Å². The van der Waals surface area contributed by atoms with Crippen LogP contribution < -0.4 is 0 Å². The number of hydrogen-bond donors (Lipinski definition) is 2. The SMILES string of the molecule is O=S(=O)(O)c1cc(Cl)c(O)c2ncccc12. The van der Waals surface area contributed by atoms with Gasteiger partial charge in [-0.1, -0.05) is 11.6 Å². The van der Waals surface area contributed by atoms with Crippen LogP contribution in [0.3, 0.4) is 0 Å². The van der Waals surface area contributed by atoms with E-state index in [1.807, 2.05) is 0 Å². The van der Waals surface area contributed by atoms with Gasteiger partial charge in [0, 0.05) is 11.6 Å². The van der Waals surface area contributed by atoms with Gasteiger partial charge in [-0.05, 0) is 18.2 Å². The van der Waals surface area contributed by atoms with Crippen LogP contribution in [0.25, 0.3) is 10.9 Å². The third-order valence-corrected chi connectivity index (χ3v) is 3.24. The highest BCUT2D eigenvalue weighted by Gasteiger charge is 2.18. The molecule has 0 amide bonds. The molecule has 2 rings (SSSR count). The van der Waals surface area contributed by atoms with Gasteiger partial charge in [0.1, 0.15) is 10.4 Å². The molecular weight excluding hydrogens is 254 g/mol. The van der Waals surface area contributed by atoms with Crippen LogP contribution in [0.4, 0.5) is 0 Å². The van der Waals surface area contributed by atoms with Crippen molar-refractivity contribution in [3.05, 3.63) is 29.4 Å². The van der Waals surface area contributed by atoms with Crippen LogP contribution >= 0.6 is 11.6 Å². The summed E-state index contributed by atoms with van der Waals surface area (Å²) in [5, 5.41) is 9.51. The van der Waals surface area contributed by atoms with Crippen LogP contribution in [0, 0.1) is 0 Å². The molecule has 0 spiro atoms. The Morgan fingerprint density at radius 1 is 1.38 bits per heavy atom. The van der Waals surface area contributed by atoms with Gasteiger partial charge in [-0.2, -0.15) is 8.42 Å². The number of rotatable bonds is 1. The molecule has 0 saturated heterocycles. The molecule has 7 heteroatoms. The molecule has 0 radical (unpaired) electrons. The number of hydrogen-bond acceptors (Lipinski definition) is 4. The fourth-order valence-electron chi connectivity index (χ4n) is 1.38. The number of phenolic OH excluding ortho intramolecular Hbond substituents is 1. The summed E-state index contributed by atoms with van der Waals surface area (Å²) < 4.78 is 31.2. The van der Waals surface area contributed by atoms with E-state index in [0.29, 0.717) is 0 Å². The molecule has 0 bridgehead atoms. The van der Waals surface area contributed by atoms with Crippen molar-refractivity contribution in [3.63, 3.8) is 0 Å². The number of halogens is 1. The number of pyridine rings is 1. The summed E-state index contributed by atoms with van der Waals surface area (Å²) in [6.07, 6.45) is 1.38. The van der Waals surface area contributed by atoms with Crippen molar-refractivity contribution in [2.75, 3.05) is 0 Å². The second kappa shape index (κ2) is 3.58. The molecule has 84 valence electrons. The topological polar surface area (TPSA) is 87.5 Å². The molecule has 5 nitrogen and oxygen atoms in total. The smallest absolute Gasteiger partial charge is 0.295 e. The molecule has 1 aromatic carbocycles. The van der Waals surface area contributed by atoms with E-state index < -0.39 is 10.1 Å². The third kappa shape index (κ3) is 1.71. The molecule has 0 aliphatic rings. The summed E-state index contributed by atoms with van der Waals surface area (Å²) in [6.45, 7) is 0. The summed E-state index contributed by atoms with van der Waals surface area (Å²) in [7, 11) is -4.40. The van der Waals surface area contributed by atoms with Crippen LogP contribution in [0.1, 0.15) is 0 Å². The van der Waals surface area contributed by atoms with Gasteiger partial charge in [0.25, 0.3) is 10.1 Å². The standard InChI is InChI=1S/C9H6ClNO4S/c10-6-4-7(16(13,14)15)5-2-1-3-11-8(5)9(6)12/h1-4,12H,(H,13,14,15). The minimum absolute atomic E-state index is 0.0302. The lowest BCUT2D eigenvalue weighted by Gasteiger charge is -2.06. The van der Waals surface area contributed by atoms with Gasteiger partial charge >= 0.3 is 0 Å². The molecule has 2 N–H and O–H groups in total. The Labute approximate surface area is 96.1 Å². The predicted octanol–water partition coefficient (Wildman–Crippen LogP) is 1.84. The maximum atomic E-state index is 11.1. The van der Waals surface area contributed by atoms with E-state index in [-0.39, 0.29) is 26.6 Å². The molecule has 0 saturated carbocycles. The Balaban J connectivity index is 3.02. The summed E-state index contributed by atoms with van der Waals surface area (Å²) >= 11 is 5.63. The van der Waals surface area contributed by atoms with Gasteiger partial charge in [-0.25, -0.2) is 0 Å². The molecule has 1 aromatic heterocycles. The first-order valence-corrected chi connectivity index (χ1v) is 5.97. The zero-order chi connectivity index (χ0) is 11.9. The van der Waals surface area contributed by atoms with Gasteiger partial charge in [-0.15, -0.1) is 0 Å². The lowest BCUT2D eigenvalue weighted by Crippen LogP contribution is -2.00. The highest BCUT2D eigenvalue weighted by Crippen LogP contribution is 2.35. The van der Waals surface area contributed by atoms with Crippen molar-refractivity contribution < 1.29 is 18.1 Å². The largest absolute Gasteiger partial charge is 0.504 e. The monoisotopic (exact) mass is 259 g/mol. The second-order valence-corrected chi connectivity index (χ2v) is 4.88. The van der Waals surface area contributed by atoms with Crippen molar-refractivity contribution in [1.29, 1.82) is 0 Å². The highest BCUT2D eigenvalue weighted by molar-refractivity contribution is 7.86. The number of benzene rings is 1. The molecule has 0 unspecified atom stereocenters. The molecule has 0 aliphatic heterocycles. The van der Waals surface area contributed by atoms with Crippen molar-refractivity contribution >= 4 is 32.6 Å². The van der Waals surface area contributed by atoms with E-state index in [1.54, 1.807) is 0 Å². The first-order chi connectivity index (χ1) is 7.41. The Hall–Kier alpha value is -1.37. The first kappa shape index (κ1) is 11.1. The molecule has 1 heterocycles. The summed E-state index contributed by atoms with van der Waals surface area (Å²) in [4.78, 5) is 3.43. The summed E-state index contributed by atoms with van der Waals surface area (Å²) in [5.74, 6) is -0.315. The number of nitrogens with zero attached hydrogens (tertiary/aromatic N) is 1. The van der Waals surface area contributed by atoms with Crippen molar-refractivity contribution in [3.8, 4) is 5.75 Å². The highest BCUT2D eigenvalue weighted by atomic mass is 35.5. The quantitative estimate of drug-likeness (QED) is 0.763. The van der Waals surface area contributed by atoms with Crippen molar-refractivity contribution in [1.82, 2.24) is 4.98 Å². The molecule has 0 atom stereocenters. The zero-order valence-corrected chi connectivity index (χ0v) is 9.33. The normalized spacial score (nSPS) is 11.9. The van der Waals surface area contributed by atoms with Gasteiger partial charge in [0.2, 0.25) is 0 Å². The van der Waals surface area contributed by atoms with Gasteiger partial charge in [0.15, 0.2) is 5.75 Å². The number of aromatic nitrogens is 1. The lowest BCUT2D eigenvalue weighted by atomic mass is 10.2. The van der Waals surface area contributed by atoms with Crippen LogP contribution in [0.2, 0.25) is 5.02 Å². The lowest BCUT2D eigenvalue weighted by molar-refractivity contribution is 0.478. The first-order valence-electron chi connectivity index (χ1n) is 4.15. The fourth-order valence-corrected chi connectivity index (χ4v) is 2.35. The Morgan fingerprint density at radius 2 is 2.06 bits per heavy atom. The Bertz CT molecular complexity index is 669. The number of phenols is 1. The maximum Gasteiger partial charge on any atom is 0.295 e. The molecule has 2 aromatic rings. The number of aromatic hydroxyl groups is 1. The van der Waals surface area contributed by atoms with E-state index in [4.69, 9.17) is 16.2 Å². The Kier molecular flexibility index (Phi) is 2.49. The van der Waals surface area contributed by atoms with E-state index >= 15 is 0 Å². The van der Waals surface area contributed by atoms with Crippen LogP contribution in [0.5, 0.6) is 5.75 Å². The van der Waals surface area contributed by atoms with Crippen LogP contribution in [-0.2, 0) is 10.1 Å². The molecule has 16 heavy (non-hydrogen) atoms. The maximum absolute atomic E-state index is 11.1. The molecule has 0 aliphatic carbocycles.